The Morgan fingerprint density at radius 1 is 0.631 bits per heavy atom. The Morgan fingerprint density at radius 3 is 1.77 bits per heavy atom. The van der Waals surface area contributed by atoms with E-state index in [1.807, 2.05) is 18.2 Å². The molecule has 3 aliphatic rings. The van der Waals surface area contributed by atoms with Crippen molar-refractivity contribution in [1.29, 1.82) is 0 Å². The van der Waals surface area contributed by atoms with Crippen molar-refractivity contribution >= 4 is 129 Å². The summed E-state index contributed by atoms with van der Waals surface area (Å²) in [4.78, 5) is 216. The topological polar surface area (TPSA) is 632 Å². The highest BCUT2D eigenvalue weighted by atomic mass is 32.2. The molecule has 14 amide bonds. The first-order valence-electron chi connectivity index (χ1n) is 36.4. The van der Waals surface area contributed by atoms with Crippen molar-refractivity contribution < 1.29 is 82.1 Å². The number of aliphatic hydroxyl groups excluding tert-OH is 1. The van der Waals surface area contributed by atoms with E-state index in [4.69, 9.17) is 34.4 Å². The molecule has 27 N–H and O–H groups in total. The van der Waals surface area contributed by atoms with E-state index in [0.29, 0.717) is 52.9 Å². The fraction of sp³-hybridized carbons (Fsp3) is 0.571. The van der Waals surface area contributed by atoms with Gasteiger partial charge in [0.1, 0.15) is 66.5 Å². The monoisotopic (exact) mass is 1590 g/mol. The molecule has 39 nitrogen and oxygen atoms in total. The number of aromatic nitrogens is 1. The van der Waals surface area contributed by atoms with E-state index < -0.39 is 211 Å². The normalized spacial score (nSPS) is 17.9. The van der Waals surface area contributed by atoms with Gasteiger partial charge in [0.15, 0.2) is 5.96 Å². The Kier molecular flexibility index (Phi) is 36.9. The maximum absolute atomic E-state index is 15.6. The third-order valence-corrected chi connectivity index (χ3v) is 20.3. The number of carbonyl (C=O) groups excluding carboxylic acids is 14. The highest BCUT2D eigenvalue weighted by Gasteiger charge is 2.47. The lowest BCUT2D eigenvalue weighted by Gasteiger charge is -2.33. The number of H-pyrrole nitrogens is 1. The first-order valence-corrected chi connectivity index (χ1v) is 39.2. The predicted molar refractivity (Wildman–Crippen MR) is 412 cm³/mol. The molecule has 1 saturated heterocycles. The number of aliphatic imine (C=N–C) groups is 1. The zero-order chi connectivity index (χ0) is 82.3. The number of para-hydroxylation sites is 1. The Labute approximate surface area is 650 Å². The van der Waals surface area contributed by atoms with Crippen LogP contribution in [0, 0.1) is 17.8 Å². The number of nitrogens with two attached hydrogens (primary N) is 6. The summed E-state index contributed by atoms with van der Waals surface area (Å²) in [5.74, 6) is -16.6. The smallest absolute Gasteiger partial charge is 0.303 e. The number of guanidine groups is 1. The van der Waals surface area contributed by atoms with Crippen LogP contribution in [-0.2, 0) is 78.3 Å². The van der Waals surface area contributed by atoms with Crippen LogP contribution >= 0.6 is 23.5 Å². The van der Waals surface area contributed by atoms with Crippen LogP contribution in [0.1, 0.15) is 117 Å². The van der Waals surface area contributed by atoms with E-state index in [0.717, 1.165) is 5.70 Å². The number of nitrogens with zero attached hydrogens (tertiary/aromatic N) is 3. The fourth-order valence-corrected chi connectivity index (χ4v) is 13.1. The van der Waals surface area contributed by atoms with Gasteiger partial charge in [0.25, 0.3) is 0 Å². The quantitative estimate of drug-likeness (QED) is 0.0167. The number of amides is 14. The van der Waals surface area contributed by atoms with E-state index >= 15 is 9.59 Å². The highest BCUT2D eigenvalue weighted by Crippen LogP contribution is 2.33. The standard InChI is InChI=1S/C70H108N22O17S2/c1-8-35(3)56(87-60(100)42(71)18-14-24-77-70(75)76)68(108)85-48(29-53(72)94)64(104)83-49(30-54(73)95)65(105)88-57(36(4)9-2)69(109)91-32-39(50-33-92(90-89-50)40-15-10-11-16-40)28-52(91)67(107)84-47(27-38-31-78-43-19-13-12-17-41(38)43)63(103)86-51(34-93)66(106)82-45(20-21-55(96)97)61(101)79-37(5)59(99)81-46(23-26-111-7)62(102)80-44(58(74)98)22-25-110-6/h10-13,15,17,19,31,33,35-37,39,42,44-49,51-52,56-57,78,89-90,93H,8-9,14,16,18,20-30,32,34,71H2,1-7H3,(H2,72,94)(H2,73,95)(H2,74,98)(H,79,101)(H,80,102)(H,81,99)(H,82,106)(H,83,104)(H,84,107)(H,85,108)(H,86,103)(H,87,100)(H,88,105)(H,96,97)(H4,75,76,77)/t35-,36-,37-,39?,42-,44-,45-,46-,47-,48-,49-,51-,52-,56-,57-/m0/s1. The SMILES string of the molecule is CC[C@H](C)[C@H](NC(=O)[C@@H](N)CCCN=C(N)N)C(=O)N[C@@H](CC(N)=O)C(=O)N[C@@H](CC(N)=O)C(=O)N[C@H](C(=O)N1CC(C2=CN(C3=CC=CC3)NN2)C[C@H]1C(=O)N[C@@H](Cc1c[nH]c2ccccc12)C(=O)N[C@@H](CO)C(=O)N[C@@H](CCC(=O)O)C(=O)N[C@@H](C)C(=O)N[C@@H](CCSC)C(=O)N[C@@H](CCSC)C(N)=O)[C@@H](C)CC. The van der Waals surface area contributed by atoms with E-state index in [9.17, 15) is 72.5 Å². The highest BCUT2D eigenvalue weighted by molar-refractivity contribution is 7.98. The van der Waals surface area contributed by atoms with Gasteiger partial charge in [0.2, 0.25) is 82.7 Å². The summed E-state index contributed by atoms with van der Waals surface area (Å²) < 4.78 is 0. The number of aliphatic carboxylic acids is 1. The minimum atomic E-state index is -1.92. The molecule has 5 rings (SSSR count). The molecule has 41 heteroatoms. The van der Waals surface area contributed by atoms with Crippen LogP contribution in [0.2, 0.25) is 0 Å². The Hall–Kier alpha value is -10.5. The minimum Gasteiger partial charge on any atom is -0.481 e. The largest absolute Gasteiger partial charge is 0.481 e. The molecule has 0 saturated carbocycles. The second kappa shape index (κ2) is 45.0. The molecule has 0 bridgehead atoms. The minimum absolute atomic E-state index is 0.0935. The molecule has 0 radical (unpaired) electrons. The maximum Gasteiger partial charge on any atom is 0.303 e. The molecule has 1 fully saturated rings. The van der Waals surface area contributed by atoms with E-state index in [1.54, 1.807) is 81.9 Å². The predicted octanol–water partition coefficient (Wildman–Crippen LogP) is -5.12. The average Bonchev–Trinajstić information content (AvgIpc) is 1.64. The summed E-state index contributed by atoms with van der Waals surface area (Å²) in [6.45, 7) is 6.71. The molecule has 0 spiro atoms. The van der Waals surface area contributed by atoms with Crippen LogP contribution in [0.4, 0.5) is 0 Å². The van der Waals surface area contributed by atoms with Gasteiger partial charge in [-0.05, 0) is 99.0 Å². The molecule has 1 unspecified atom stereocenters. The number of hydrogen-bond acceptors (Lipinski definition) is 23. The van der Waals surface area contributed by atoms with Gasteiger partial charge in [-0.2, -0.15) is 23.5 Å². The van der Waals surface area contributed by atoms with Crippen molar-refractivity contribution in [2.45, 2.75) is 191 Å². The van der Waals surface area contributed by atoms with Crippen LogP contribution in [0.5, 0.6) is 0 Å². The van der Waals surface area contributed by atoms with Crippen molar-refractivity contribution in [1.82, 2.24) is 79.0 Å². The van der Waals surface area contributed by atoms with Crippen molar-refractivity contribution in [2.24, 2.45) is 57.1 Å². The Bertz CT molecular complexity index is 3800. The number of thioether (sulfide) groups is 2. The van der Waals surface area contributed by atoms with Gasteiger partial charge in [-0.1, -0.05) is 70.9 Å². The third-order valence-electron chi connectivity index (χ3n) is 19.0. The summed E-state index contributed by atoms with van der Waals surface area (Å²) in [6, 6.07) is -11.3. The number of carboxylic acid groups (broad SMARTS) is 1. The number of primary amides is 3. The van der Waals surface area contributed by atoms with E-state index in [-0.39, 0.29) is 57.6 Å². The second-order valence-electron chi connectivity index (χ2n) is 27.4. The molecule has 3 heterocycles. The van der Waals surface area contributed by atoms with E-state index in [2.05, 4.69) is 74.1 Å². The molecule has 2 aromatic rings. The lowest BCUT2D eigenvalue weighted by Crippen LogP contribution is -2.62. The molecular formula is C70H108N22O17S2. The van der Waals surface area contributed by atoms with Crippen LogP contribution in [0.3, 0.4) is 0 Å². The van der Waals surface area contributed by atoms with Crippen molar-refractivity contribution in [3.63, 3.8) is 0 Å². The van der Waals surface area contributed by atoms with Crippen molar-refractivity contribution in [3.8, 4) is 0 Å². The summed E-state index contributed by atoms with van der Waals surface area (Å²) >= 11 is 2.78. The summed E-state index contributed by atoms with van der Waals surface area (Å²) in [6.07, 6.45) is 10.8. The van der Waals surface area contributed by atoms with Gasteiger partial charge >= 0.3 is 5.97 Å². The second-order valence-corrected chi connectivity index (χ2v) is 29.3. The van der Waals surface area contributed by atoms with Gasteiger partial charge in [-0.25, -0.2) is 0 Å². The number of fused-ring (bicyclic) bond motifs is 1. The zero-order valence-electron chi connectivity index (χ0n) is 63.2. The molecule has 612 valence electrons. The van der Waals surface area contributed by atoms with Crippen molar-refractivity contribution in [2.75, 3.05) is 43.7 Å². The molecule has 1 aromatic heterocycles. The number of nitrogens with one attached hydrogen (secondary N) is 13. The number of likely N-dealkylation sites (tertiary alicyclic amines) is 1. The van der Waals surface area contributed by atoms with Crippen LogP contribution in [-0.4, -0.2) is 236 Å². The lowest BCUT2D eigenvalue weighted by atomic mass is 9.96. The molecule has 1 aliphatic carbocycles. The van der Waals surface area contributed by atoms with Gasteiger partial charge < -0.3 is 113 Å². The first-order chi connectivity index (χ1) is 52.6. The van der Waals surface area contributed by atoms with E-state index in [1.165, 1.54) is 35.3 Å². The number of hydrogen-bond donors (Lipinski definition) is 21. The fourth-order valence-electron chi connectivity index (χ4n) is 12.2. The maximum atomic E-state index is 15.6. The first kappa shape index (κ1) is 91.1. The van der Waals surface area contributed by atoms with Gasteiger partial charge in [0.05, 0.1) is 31.2 Å². The summed E-state index contributed by atoms with van der Waals surface area (Å²) in [5.41, 5.74) is 42.3. The number of rotatable bonds is 48. The molecule has 2 aliphatic heterocycles. The van der Waals surface area contributed by atoms with Crippen LogP contribution in [0.25, 0.3) is 10.9 Å². The third kappa shape index (κ3) is 28.1. The Balaban J connectivity index is 1.45. The molecule has 1 aromatic carbocycles. The molecular weight excluding hydrogens is 1490 g/mol. The van der Waals surface area contributed by atoms with Crippen LogP contribution < -0.4 is 98.5 Å². The number of carbonyl (C=O) groups is 15. The number of allylic oxidation sites excluding steroid dienone is 3. The number of carboxylic acids is 1. The zero-order valence-corrected chi connectivity index (χ0v) is 64.9. The molecule has 111 heavy (non-hydrogen) atoms. The average molecular weight is 1590 g/mol. The number of benzene rings is 1. The van der Waals surface area contributed by atoms with Crippen molar-refractivity contribution in [3.05, 3.63) is 71.8 Å². The number of aromatic amines is 1. The van der Waals surface area contributed by atoms with Crippen LogP contribution in [0.15, 0.2) is 71.3 Å². The molecule has 15 atom stereocenters. The number of hydrazine groups is 2. The van der Waals surface area contributed by atoms with Gasteiger partial charge in [0, 0.05) is 67.3 Å². The number of aliphatic hydroxyl groups is 1. The Morgan fingerprint density at radius 2 is 1.17 bits per heavy atom. The van der Waals surface area contributed by atoms with Gasteiger partial charge in [-0.15, -0.1) is 5.53 Å². The lowest BCUT2D eigenvalue weighted by molar-refractivity contribution is -0.144. The summed E-state index contributed by atoms with van der Waals surface area (Å²) in [5, 5.41) is 48.0. The van der Waals surface area contributed by atoms with Gasteiger partial charge in [-0.3, -0.25) is 81.9 Å². The summed E-state index contributed by atoms with van der Waals surface area (Å²) in [7, 11) is 0.